The minimum absolute atomic E-state index is 0.00222. The minimum atomic E-state index is -0.195. The van der Waals surface area contributed by atoms with E-state index in [-0.39, 0.29) is 17.7 Å². The van der Waals surface area contributed by atoms with E-state index >= 15 is 0 Å². The van der Waals surface area contributed by atoms with Crippen LogP contribution in [0.25, 0.3) is 0 Å². The first-order valence-electron chi connectivity index (χ1n) is 10.2. The summed E-state index contributed by atoms with van der Waals surface area (Å²) in [5, 5.41) is 0. The number of guanidine groups is 1. The fourth-order valence-electron chi connectivity index (χ4n) is 3.62. The molecule has 7 heteroatoms. The molecule has 29 heavy (non-hydrogen) atoms. The molecule has 1 aromatic rings. The third-order valence-corrected chi connectivity index (χ3v) is 5.51. The second kappa shape index (κ2) is 9.20. The summed E-state index contributed by atoms with van der Waals surface area (Å²) in [7, 11) is 1.60. The van der Waals surface area contributed by atoms with Crippen molar-refractivity contribution in [2.45, 2.75) is 33.6 Å². The quantitative estimate of drug-likeness (QED) is 0.764. The van der Waals surface area contributed by atoms with Crippen molar-refractivity contribution < 1.29 is 14.3 Å². The number of carbonyl (C=O) groups is 2. The van der Waals surface area contributed by atoms with Gasteiger partial charge in [-0.2, -0.15) is 4.99 Å². The number of benzene rings is 1. The molecule has 1 fully saturated rings. The number of nitrogens with zero attached hydrogens (tertiary/aromatic N) is 4. The molecule has 0 spiro atoms. The van der Waals surface area contributed by atoms with Crippen molar-refractivity contribution in [2.24, 2.45) is 21.8 Å². The third kappa shape index (κ3) is 5.02. The Morgan fingerprint density at radius 3 is 2.34 bits per heavy atom. The average molecular weight is 399 g/mol. The summed E-state index contributed by atoms with van der Waals surface area (Å²) in [6, 6.07) is 7.14. The van der Waals surface area contributed by atoms with Crippen molar-refractivity contribution in [1.82, 2.24) is 9.80 Å². The van der Waals surface area contributed by atoms with E-state index in [4.69, 9.17) is 4.74 Å². The molecule has 0 aromatic heterocycles. The molecule has 2 aliphatic rings. The lowest BCUT2D eigenvalue weighted by Crippen LogP contribution is -2.51. The molecule has 0 aliphatic carbocycles. The standard InChI is InChI=1S/C22H30N4O3/c1-15(2)5-10-19-16(3)23-22(24-20(19)27)26-13-11-25(12-14-26)21(28)17-6-8-18(29-4)9-7-17/h6-9,15,19H,5,10-14H2,1-4H3. The van der Waals surface area contributed by atoms with Crippen LogP contribution in [0.4, 0.5) is 0 Å². The number of amides is 2. The van der Waals surface area contributed by atoms with Crippen LogP contribution in [0, 0.1) is 11.8 Å². The van der Waals surface area contributed by atoms with Crippen molar-refractivity contribution in [3.8, 4) is 5.75 Å². The molecule has 1 atom stereocenters. The van der Waals surface area contributed by atoms with Crippen molar-refractivity contribution in [1.29, 1.82) is 0 Å². The van der Waals surface area contributed by atoms with Crippen LogP contribution in [0.3, 0.4) is 0 Å². The Bertz CT molecular complexity index is 806. The fraction of sp³-hybridized carbons (Fsp3) is 0.545. The van der Waals surface area contributed by atoms with Crippen molar-refractivity contribution in [2.75, 3.05) is 33.3 Å². The Balaban J connectivity index is 1.58. The van der Waals surface area contributed by atoms with E-state index in [2.05, 4.69) is 23.8 Å². The highest BCUT2D eigenvalue weighted by Gasteiger charge is 2.30. The van der Waals surface area contributed by atoms with Gasteiger partial charge >= 0.3 is 0 Å². The SMILES string of the molecule is COc1ccc(C(=O)N2CCN(C3=NC(=O)C(CCC(C)C)C(C)=N3)CC2)cc1. The van der Waals surface area contributed by atoms with Crippen LogP contribution in [0.15, 0.2) is 34.3 Å². The van der Waals surface area contributed by atoms with Crippen LogP contribution in [0.2, 0.25) is 0 Å². The predicted molar refractivity (Wildman–Crippen MR) is 114 cm³/mol. The fourth-order valence-corrected chi connectivity index (χ4v) is 3.62. The molecule has 1 saturated heterocycles. The molecule has 0 radical (unpaired) electrons. The van der Waals surface area contributed by atoms with Gasteiger partial charge in [-0.25, -0.2) is 4.99 Å². The van der Waals surface area contributed by atoms with E-state index in [1.165, 1.54) is 0 Å². The number of piperazine rings is 1. The first kappa shape index (κ1) is 21.0. The molecule has 0 bridgehead atoms. The lowest BCUT2D eigenvalue weighted by molar-refractivity contribution is -0.120. The second-order valence-corrected chi connectivity index (χ2v) is 8.03. The smallest absolute Gasteiger partial charge is 0.257 e. The zero-order valence-electron chi connectivity index (χ0n) is 17.7. The Morgan fingerprint density at radius 1 is 1.14 bits per heavy atom. The number of hydrogen-bond acceptors (Lipinski definition) is 5. The molecule has 0 N–H and O–H groups in total. The summed E-state index contributed by atoms with van der Waals surface area (Å²) in [6.45, 7) is 8.60. The van der Waals surface area contributed by atoms with Crippen molar-refractivity contribution in [3.63, 3.8) is 0 Å². The molecule has 7 nitrogen and oxygen atoms in total. The topological polar surface area (TPSA) is 74.6 Å². The molecule has 1 unspecified atom stereocenters. The summed E-state index contributed by atoms with van der Waals surface area (Å²) in [5.41, 5.74) is 1.49. The first-order valence-corrected chi connectivity index (χ1v) is 10.2. The van der Waals surface area contributed by atoms with Gasteiger partial charge in [0.2, 0.25) is 5.96 Å². The van der Waals surface area contributed by atoms with Crippen LogP contribution >= 0.6 is 0 Å². The van der Waals surface area contributed by atoms with Crippen LogP contribution in [-0.4, -0.2) is 66.6 Å². The van der Waals surface area contributed by atoms with E-state index < -0.39 is 0 Å². The van der Waals surface area contributed by atoms with Gasteiger partial charge in [0.25, 0.3) is 11.8 Å². The number of carbonyl (C=O) groups excluding carboxylic acids is 2. The first-order chi connectivity index (χ1) is 13.9. The Kier molecular flexibility index (Phi) is 6.67. The molecule has 2 heterocycles. The monoisotopic (exact) mass is 398 g/mol. The lowest BCUT2D eigenvalue weighted by atomic mass is 9.93. The molecule has 2 aliphatic heterocycles. The van der Waals surface area contributed by atoms with Gasteiger partial charge in [-0.15, -0.1) is 0 Å². The number of hydrogen-bond donors (Lipinski definition) is 0. The van der Waals surface area contributed by atoms with E-state index in [0.29, 0.717) is 43.6 Å². The highest BCUT2D eigenvalue weighted by atomic mass is 16.5. The van der Waals surface area contributed by atoms with Gasteiger partial charge in [0, 0.05) is 37.5 Å². The largest absolute Gasteiger partial charge is 0.497 e. The lowest BCUT2D eigenvalue weighted by Gasteiger charge is -2.36. The van der Waals surface area contributed by atoms with Crippen LogP contribution < -0.4 is 4.74 Å². The molecule has 156 valence electrons. The van der Waals surface area contributed by atoms with Gasteiger partial charge in [0.1, 0.15) is 5.75 Å². The van der Waals surface area contributed by atoms with Gasteiger partial charge < -0.3 is 14.5 Å². The van der Waals surface area contributed by atoms with E-state index in [1.54, 1.807) is 31.4 Å². The highest BCUT2D eigenvalue weighted by Crippen LogP contribution is 2.20. The summed E-state index contributed by atoms with van der Waals surface area (Å²) < 4.78 is 5.14. The van der Waals surface area contributed by atoms with Crippen LogP contribution in [0.1, 0.15) is 44.0 Å². The summed E-state index contributed by atoms with van der Waals surface area (Å²) in [5.74, 6) is 1.49. The predicted octanol–water partition coefficient (Wildman–Crippen LogP) is 2.86. The number of aliphatic imine (C=N–C) groups is 2. The maximum Gasteiger partial charge on any atom is 0.257 e. The van der Waals surface area contributed by atoms with Crippen LogP contribution in [-0.2, 0) is 4.79 Å². The minimum Gasteiger partial charge on any atom is -0.497 e. The third-order valence-electron chi connectivity index (χ3n) is 5.51. The molecular weight excluding hydrogens is 368 g/mol. The average Bonchev–Trinajstić information content (AvgIpc) is 2.72. The van der Waals surface area contributed by atoms with E-state index in [0.717, 1.165) is 24.3 Å². The summed E-state index contributed by atoms with van der Waals surface area (Å²) in [6.07, 6.45) is 1.78. The van der Waals surface area contributed by atoms with Gasteiger partial charge in [0.15, 0.2) is 0 Å². The molecule has 2 amide bonds. The molecule has 1 aromatic carbocycles. The maximum absolute atomic E-state index is 12.7. The van der Waals surface area contributed by atoms with Crippen molar-refractivity contribution >= 4 is 23.5 Å². The summed E-state index contributed by atoms with van der Waals surface area (Å²) in [4.78, 5) is 37.9. The molecule has 3 rings (SSSR count). The molecule has 0 saturated carbocycles. The van der Waals surface area contributed by atoms with Crippen LogP contribution in [0.5, 0.6) is 5.75 Å². The maximum atomic E-state index is 12.7. The van der Waals surface area contributed by atoms with E-state index in [1.807, 2.05) is 16.7 Å². The number of ether oxygens (including phenoxy) is 1. The van der Waals surface area contributed by atoms with Crippen molar-refractivity contribution in [3.05, 3.63) is 29.8 Å². The zero-order chi connectivity index (χ0) is 21.0. The Labute approximate surface area is 172 Å². The van der Waals surface area contributed by atoms with Gasteiger partial charge in [-0.1, -0.05) is 13.8 Å². The van der Waals surface area contributed by atoms with Gasteiger partial charge in [-0.05, 0) is 49.9 Å². The van der Waals surface area contributed by atoms with Gasteiger partial charge in [-0.3, -0.25) is 9.59 Å². The Morgan fingerprint density at radius 2 is 1.79 bits per heavy atom. The zero-order valence-corrected chi connectivity index (χ0v) is 17.7. The molecular formula is C22H30N4O3. The summed E-state index contributed by atoms with van der Waals surface area (Å²) >= 11 is 0. The highest BCUT2D eigenvalue weighted by molar-refractivity contribution is 6.14. The number of rotatable bonds is 5. The Hall–Kier alpha value is -2.70. The normalized spacial score (nSPS) is 19.9. The number of methoxy groups -OCH3 is 1. The second-order valence-electron chi connectivity index (χ2n) is 8.03. The van der Waals surface area contributed by atoms with E-state index in [9.17, 15) is 9.59 Å². The van der Waals surface area contributed by atoms with Gasteiger partial charge in [0.05, 0.1) is 13.0 Å².